The normalized spacial score (nSPS) is 11.2. The summed E-state index contributed by atoms with van der Waals surface area (Å²) in [7, 11) is 0. The molecule has 13 heavy (non-hydrogen) atoms. The Hall–Kier alpha value is -1.15. The van der Waals surface area contributed by atoms with E-state index in [1.54, 1.807) is 0 Å². The van der Waals surface area contributed by atoms with Crippen LogP contribution < -0.4 is 0 Å². The van der Waals surface area contributed by atoms with Crippen LogP contribution in [0.4, 0.5) is 0 Å². The third-order valence-corrected chi connectivity index (χ3v) is 2.19. The van der Waals surface area contributed by atoms with Gasteiger partial charge in [-0.1, -0.05) is 40.2 Å². The first-order chi connectivity index (χ1) is 6.42. The van der Waals surface area contributed by atoms with Gasteiger partial charge in [0.15, 0.2) is 0 Å². The molecule has 0 unspecified atom stereocenters. The fourth-order valence-corrected chi connectivity index (χ4v) is 1.59. The van der Waals surface area contributed by atoms with Gasteiger partial charge in [0, 0.05) is 11.6 Å². The highest BCUT2D eigenvalue weighted by Crippen LogP contribution is 2.17. The van der Waals surface area contributed by atoms with E-state index >= 15 is 0 Å². The molecule has 64 valence electrons. The van der Waals surface area contributed by atoms with Crippen LogP contribution in [-0.4, -0.2) is 4.98 Å². The molecular weight excluding hydrogens is 226 g/mol. The summed E-state index contributed by atoms with van der Waals surface area (Å²) in [5.74, 6) is 0. The van der Waals surface area contributed by atoms with Crippen LogP contribution in [0.25, 0.3) is 16.8 Å². The zero-order valence-corrected chi connectivity index (χ0v) is 8.53. The molecule has 0 atom stereocenters. The van der Waals surface area contributed by atoms with E-state index < -0.39 is 0 Å². The van der Waals surface area contributed by atoms with E-state index in [2.05, 4.69) is 33.0 Å². The summed E-state index contributed by atoms with van der Waals surface area (Å²) in [5.41, 5.74) is 0.995. The molecule has 1 heterocycles. The average Bonchev–Trinajstić information content (AvgIpc) is 2.19. The minimum Gasteiger partial charge on any atom is -0.256 e. The summed E-state index contributed by atoms with van der Waals surface area (Å²) < 4.78 is 0. The molecule has 0 bridgehead atoms. The Morgan fingerprint density at radius 1 is 1.15 bits per heavy atom. The topological polar surface area (TPSA) is 12.9 Å². The maximum Gasteiger partial charge on any atom is 0.0713 e. The van der Waals surface area contributed by atoms with Gasteiger partial charge >= 0.3 is 0 Å². The van der Waals surface area contributed by atoms with Crippen molar-refractivity contribution in [2.24, 2.45) is 0 Å². The number of benzene rings is 1. The maximum atomic E-state index is 4.28. The molecule has 0 saturated carbocycles. The third kappa shape index (κ3) is 1.63. The van der Waals surface area contributed by atoms with Crippen molar-refractivity contribution in [3.05, 3.63) is 47.2 Å². The molecule has 0 aliphatic rings. The predicted molar refractivity (Wildman–Crippen MR) is 59.7 cm³/mol. The van der Waals surface area contributed by atoms with E-state index in [4.69, 9.17) is 0 Å². The summed E-state index contributed by atoms with van der Waals surface area (Å²) in [5, 5.41) is 2.40. The Bertz CT molecular complexity index is 443. The molecule has 1 nitrogen and oxygen atoms in total. The van der Waals surface area contributed by atoms with E-state index in [-0.39, 0.29) is 0 Å². The quantitative estimate of drug-likeness (QED) is 0.734. The van der Waals surface area contributed by atoms with Gasteiger partial charge < -0.3 is 0 Å². The van der Waals surface area contributed by atoms with E-state index in [0.717, 1.165) is 5.69 Å². The smallest absolute Gasteiger partial charge is 0.0713 e. The molecule has 0 spiro atoms. The molecule has 0 amide bonds. The van der Waals surface area contributed by atoms with Crippen molar-refractivity contribution in [3.63, 3.8) is 0 Å². The SMILES string of the molecule is Br/C=C/c1nccc2ccccc12. The first kappa shape index (κ1) is 8.45. The highest BCUT2D eigenvalue weighted by atomic mass is 79.9. The number of fused-ring (bicyclic) bond motifs is 1. The Balaban J connectivity index is 2.75. The van der Waals surface area contributed by atoms with Crippen LogP contribution in [0.2, 0.25) is 0 Å². The number of pyridine rings is 1. The minimum atomic E-state index is 0.995. The van der Waals surface area contributed by atoms with E-state index in [1.165, 1.54) is 10.8 Å². The zero-order chi connectivity index (χ0) is 9.10. The van der Waals surface area contributed by atoms with Crippen LogP contribution in [-0.2, 0) is 0 Å². The fraction of sp³-hybridized carbons (Fsp3) is 0. The lowest BCUT2D eigenvalue weighted by Crippen LogP contribution is -1.81. The average molecular weight is 234 g/mol. The van der Waals surface area contributed by atoms with Crippen LogP contribution in [0.3, 0.4) is 0 Å². The van der Waals surface area contributed by atoms with Gasteiger partial charge in [-0.25, -0.2) is 0 Å². The van der Waals surface area contributed by atoms with Crippen molar-refractivity contribution < 1.29 is 0 Å². The molecule has 2 aromatic rings. The largest absolute Gasteiger partial charge is 0.256 e. The van der Waals surface area contributed by atoms with Crippen molar-refractivity contribution >= 4 is 32.8 Å². The lowest BCUT2D eigenvalue weighted by atomic mass is 10.1. The molecule has 0 aliphatic heterocycles. The Labute approximate surface area is 85.2 Å². The van der Waals surface area contributed by atoms with Crippen molar-refractivity contribution in [2.45, 2.75) is 0 Å². The predicted octanol–water partition coefficient (Wildman–Crippen LogP) is 3.60. The third-order valence-electron chi connectivity index (χ3n) is 1.93. The second-order valence-electron chi connectivity index (χ2n) is 2.71. The molecule has 1 aromatic carbocycles. The van der Waals surface area contributed by atoms with Crippen molar-refractivity contribution in [3.8, 4) is 0 Å². The molecule has 0 N–H and O–H groups in total. The van der Waals surface area contributed by atoms with Gasteiger partial charge in [-0.3, -0.25) is 4.98 Å². The second kappa shape index (κ2) is 3.71. The van der Waals surface area contributed by atoms with Gasteiger partial charge in [-0.05, 0) is 22.5 Å². The number of halogens is 1. The standard InChI is InChI=1S/C11H8BrN/c12-7-5-11-10-4-2-1-3-9(10)6-8-13-11/h1-8H/b7-5+. The highest BCUT2D eigenvalue weighted by Gasteiger charge is 1.96. The Morgan fingerprint density at radius 2 is 2.00 bits per heavy atom. The molecule has 1 aromatic heterocycles. The molecule has 0 saturated heterocycles. The number of hydrogen-bond donors (Lipinski definition) is 0. The minimum absolute atomic E-state index is 0.995. The van der Waals surface area contributed by atoms with Gasteiger partial charge in [0.2, 0.25) is 0 Å². The lowest BCUT2D eigenvalue weighted by Gasteiger charge is -1.99. The molecule has 0 aliphatic carbocycles. The molecule has 2 heteroatoms. The highest BCUT2D eigenvalue weighted by molar-refractivity contribution is 9.11. The van der Waals surface area contributed by atoms with Crippen LogP contribution in [0.5, 0.6) is 0 Å². The fourth-order valence-electron chi connectivity index (χ4n) is 1.34. The summed E-state index contributed by atoms with van der Waals surface area (Å²) in [6.07, 6.45) is 3.77. The van der Waals surface area contributed by atoms with E-state index in [9.17, 15) is 0 Å². The second-order valence-corrected chi connectivity index (χ2v) is 3.24. The monoisotopic (exact) mass is 233 g/mol. The van der Waals surface area contributed by atoms with E-state index in [1.807, 2.05) is 35.5 Å². The molecule has 2 rings (SSSR count). The number of nitrogens with zero attached hydrogens (tertiary/aromatic N) is 1. The number of rotatable bonds is 1. The summed E-state index contributed by atoms with van der Waals surface area (Å²) in [4.78, 5) is 6.10. The maximum absolute atomic E-state index is 4.28. The first-order valence-corrected chi connectivity index (χ1v) is 4.94. The van der Waals surface area contributed by atoms with Crippen LogP contribution in [0, 0.1) is 0 Å². The summed E-state index contributed by atoms with van der Waals surface area (Å²) >= 11 is 3.25. The lowest BCUT2D eigenvalue weighted by molar-refractivity contribution is 1.33. The van der Waals surface area contributed by atoms with Crippen molar-refractivity contribution in [1.29, 1.82) is 0 Å². The zero-order valence-electron chi connectivity index (χ0n) is 6.94. The molecule has 0 radical (unpaired) electrons. The van der Waals surface area contributed by atoms with Gasteiger partial charge in [0.05, 0.1) is 5.69 Å². The van der Waals surface area contributed by atoms with Crippen molar-refractivity contribution in [2.75, 3.05) is 0 Å². The van der Waals surface area contributed by atoms with Crippen LogP contribution in [0.1, 0.15) is 5.69 Å². The Kier molecular flexibility index (Phi) is 2.41. The molecular formula is C11H8BrN. The summed E-state index contributed by atoms with van der Waals surface area (Å²) in [6, 6.07) is 10.2. The van der Waals surface area contributed by atoms with E-state index in [0.29, 0.717) is 0 Å². The van der Waals surface area contributed by atoms with Crippen LogP contribution >= 0.6 is 15.9 Å². The Morgan fingerprint density at radius 3 is 2.85 bits per heavy atom. The first-order valence-electron chi connectivity index (χ1n) is 4.02. The summed E-state index contributed by atoms with van der Waals surface area (Å²) in [6.45, 7) is 0. The molecule has 0 fully saturated rings. The number of aromatic nitrogens is 1. The number of hydrogen-bond acceptors (Lipinski definition) is 1. The van der Waals surface area contributed by atoms with Gasteiger partial charge in [-0.15, -0.1) is 0 Å². The van der Waals surface area contributed by atoms with Gasteiger partial charge in [0.1, 0.15) is 0 Å². The van der Waals surface area contributed by atoms with Gasteiger partial charge in [-0.2, -0.15) is 0 Å². The van der Waals surface area contributed by atoms with Crippen LogP contribution in [0.15, 0.2) is 41.5 Å². The van der Waals surface area contributed by atoms with Gasteiger partial charge in [0.25, 0.3) is 0 Å². The van der Waals surface area contributed by atoms with Crippen molar-refractivity contribution in [1.82, 2.24) is 4.98 Å².